The van der Waals surface area contributed by atoms with Gasteiger partial charge >= 0.3 is 0 Å². The molecule has 19 nitrogen and oxygen atoms in total. The molecule has 3 rings (SSSR count). The van der Waals surface area contributed by atoms with Crippen LogP contribution in [0, 0.1) is 0 Å². The molecule has 19 heteroatoms. The van der Waals surface area contributed by atoms with Gasteiger partial charge in [-0.1, -0.05) is 12.1 Å². The molecule has 0 saturated carbocycles. The lowest BCUT2D eigenvalue weighted by molar-refractivity contribution is -0.203. The van der Waals surface area contributed by atoms with Crippen molar-refractivity contribution in [3.05, 3.63) is 53.6 Å². The Kier molecular flexibility index (Phi) is 16.9. The molecule has 2 aromatic carbocycles. The number of benzene rings is 2. The Morgan fingerprint density at radius 3 is 2.19 bits per heavy atom. The largest absolute Gasteiger partial charge is 0.497 e. The second kappa shape index (κ2) is 21.0. The number of aliphatic hydroxyl groups excluding tert-OH is 3. The van der Waals surface area contributed by atoms with E-state index in [1.807, 2.05) is 0 Å². The van der Waals surface area contributed by atoms with Gasteiger partial charge in [0.25, 0.3) is 5.91 Å². The second-order valence-corrected chi connectivity index (χ2v) is 12.5. The van der Waals surface area contributed by atoms with Gasteiger partial charge in [0.1, 0.15) is 41.6 Å². The molecule has 0 bridgehead atoms. The minimum atomic E-state index is -1.60. The number of nitrogens with one attached hydrogen (secondary N) is 5. The molecule has 0 aliphatic carbocycles. The molecule has 1 saturated heterocycles. The number of amides is 5. The maximum absolute atomic E-state index is 13.2. The van der Waals surface area contributed by atoms with Crippen LogP contribution in [-0.4, -0.2) is 135 Å². The van der Waals surface area contributed by atoms with Crippen LogP contribution in [0.5, 0.6) is 17.2 Å². The summed E-state index contributed by atoms with van der Waals surface area (Å²) in [6.07, 6.45) is -6.39. The molecule has 5 amide bonds. The highest BCUT2D eigenvalue weighted by Crippen LogP contribution is 2.34. The van der Waals surface area contributed by atoms with Gasteiger partial charge in [-0.2, -0.15) is 0 Å². The summed E-state index contributed by atoms with van der Waals surface area (Å²) in [4.78, 5) is 62.8. The lowest BCUT2D eigenvalue weighted by Gasteiger charge is -2.42. The van der Waals surface area contributed by atoms with Crippen LogP contribution in [0.15, 0.2) is 42.5 Å². The molecule has 0 aromatic heterocycles. The first-order valence-corrected chi connectivity index (χ1v) is 17.0. The summed E-state index contributed by atoms with van der Waals surface area (Å²) < 4.78 is 27.0. The van der Waals surface area contributed by atoms with Crippen LogP contribution >= 0.6 is 0 Å². The number of hydrogen-bond donors (Lipinski definition) is 9. The summed E-state index contributed by atoms with van der Waals surface area (Å²) in [6.45, 7) is 1.85. The van der Waals surface area contributed by atoms with E-state index in [4.69, 9.17) is 29.4 Å². The molecule has 54 heavy (non-hydrogen) atoms. The number of carbonyl (C=O) groups excluding carboxylic acids is 5. The smallest absolute Gasteiger partial charge is 0.258 e. The average Bonchev–Trinajstić information content (AvgIpc) is 3.14. The number of rotatable bonds is 19. The molecular weight excluding hydrogens is 712 g/mol. The van der Waals surface area contributed by atoms with Gasteiger partial charge in [-0.25, -0.2) is 0 Å². The van der Waals surface area contributed by atoms with Crippen LogP contribution < -0.4 is 46.5 Å². The molecule has 298 valence electrons. The normalized spacial score (nSPS) is 21.0. The van der Waals surface area contributed by atoms with Gasteiger partial charge in [-0.15, -0.1) is 0 Å². The standard InChI is InChI=1S/C35H50N6O13/c1-18(16-50-3)38-29(46)17-53-21-8-6-20(7-9-21)30(23-11-10-22(51-4)12-25(23)52-5)40-28(45)14-37-34(49)24(36)13-27(44)41-35-31(39-19(2)43)33(48)32(47)26(15-42)54-35/h6-12,18,24,26,30-33,35,42,47-48H,13-17,36H2,1-5H3,(H,37,49)(H,38,46)(H,39,43)(H,40,45)(H,41,44)/t18?,24-,26?,30?,31?,32+,33+,35+/m0/s1. The molecule has 1 fully saturated rings. The van der Waals surface area contributed by atoms with Crippen LogP contribution in [0.25, 0.3) is 0 Å². The van der Waals surface area contributed by atoms with Crippen molar-refractivity contribution in [3.63, 3.8) is 0 Å². The van der Waals surface area contributed by atoms with Crippen molar-refractivity contribution >= 4 is 29.5 Å². The van der Waals surface area contributed by atoms with E-state index in [1.165, 1.54) is 21.3 Å². The van der Waals surface area contributed by atoms with E-state index in [1.54, 1.807) is 49.4 Å². The molecule has 1 aliphatic rings. The van der Waals surface area contributed by atoms with Gasteiger partial charge in [0.2, 0.25) is 23.6 Å². The number of aliphatic hydroxyl groups is 3. The molecule has 2 aromatic rings. The Balaban J connectivity index is 1.66. The van der Waals surface area contributed by atoms with E-state index >= 15 is 0 Å². The third-order valence-corrected chi connectivity index (χ3v) is 8.23. The molecule has 1 aliphatic heterocycles. The quantitative estimate of drug-likeness (QED) is 0.0707. The van der Waals surface area contributed by atoms with Crippen molar-refractivity contribution in [1.82, 2.24) is 26.6 Å². The van der Waals surface area contributed by atoms with Gasteiger partial charge in [0, 0.05) is 31.7 Å². The van der Waals surface area contributed by atoms with Crippen molar-refractivity contribution in [1.29, 1.82) is 0 Å². The number of nitrogens with two attached hydrogens (primary N) is 1. The lowest BCUT2D eigenvalue weighted by atomic mass is 9.95. The molecule has 8 atom stereocenters. The zero-order valence-corrected chi connectivity index (χ0v) is 30.7. The summed E-state index contributed by atoms with van der Waals surface area (Å²) in [5, 5.41) is 42.9. The summed E-state index contributed by atoms with van der Waals surface area (Å²) in [7, 11) is 4.49. The van der Waals surface area contributed by atoms with Crippen LogP contribution in [0.4, 0.5) is 0 Å². The molecule has 1 heterocycles. The number of ether oxygens (including phenoxy) is 5. The van der Waals surface area contributed by atoms with E-state index in [0.29, 0.717) is 35.0 Å². The highest BCUT2D eigenvalue weighted by molar-refractivity contribution is 5.91. The number of methoxy groups -OCH3 is 3. The van der Waals surface area contributed by atoms with Crippen molar-refractivity contribution in [3.8, 4) is 17.2 Å². The molecule has 0 radical (unpaired) electrons. The fourth-order valence-corrected chi connectivity index (χ4v) is 5.57. The van der Waals surface area contributed by atoms with Crippen molar-refractivity contribution < 1.29 is 63.0 Å². The molecule has 4 unspecified atom stereocenters. The van der Waals surface area contributed by atoms with Gasteiger partial charge in [-0.3, -0.25) is 24.0 Å². The fraction of sp³-hybridized carbons (Fsp3) is 0.514. The van der Waals surface area contributed by atoms with E-state index in [0.717, 1.165) is 6.92 Å². The third kappa shape index (κ3) is 12.5. The third-order valence-electron chi connectivity index (χ3n) is 8.23. The Bertz CT molecular complexity index is 1580. The van der Waals surface area contributed by atoms with E-state index in [9.17, 15) is 39.3 Å². The van der Waals surface area contributed by atoms with Crippen molar-refractivity contribution in [2.24, 2.45) is 5.73 Å². The monoisotopic (exact) mass is 762 g/mol. The minimum Gasteiger partial charge on any atom is -0.497 e. The van der Waals surface area contributed by atoms with Gasteiger partial charge < -0.3 is 71.3 Å². The first-order valence-electron chi connectivity index (χ1n) is 17.0. The highest BCUT2D eigenvalue weighted by atomic mass is 16.5. The number of hydrogen-bond acceptors (Lipinski definition) is 14. The van der Waals surface area contributed by atoms with Crippen LogP contribution in [0.1, 0.15) is 37.4 Å². The van der Waals surface area contributed by atoms with Gasteiger partial charge in [0.05, 0.1) is 52.5 Å². The topological polar surface area (TPSA) is 278 Å². The minimum absolute atomic E-state index is 0.197. The van der Waals surface area contributed by atoms with Crippen LogP contribution in [-0.2, 0) is 33.4 Å². The molecule has 10 N–H and O–H groups in total. The SMILES string of the molecule is COCC(C)NC(=O)COc1ccc(C(NC(=O)CNC(=O)[C@@H](N)CC(=O)N[C@@H]2OC(CO)[C@@H](O)[C@H](O)C2NC(C)=O)c2ccc(OC)cc2OC)cc1. The Hall–Kier alpha value is -5.05. The summed E-state index contributed by atoms with van der Waals surface area (Å²) in [6, 6.07) is 7.98. The summed E-state index contributed by atoms with van der Waals surface area (Å²) in [5.74, 6) is -1.89. The van der Waals surface area contributed by atoms with Crippen LogP contribution in [0.2, 0.25) is 0 Å². The first kappa shape index (κ1) is 43.4. The zero-order chi connectivity index (χ0) is 39.9. The molecular formula is C35H50N6O13. The van der Waals surface area contributed by atoms with Gasteiger partial charge in [0.15, 0.2) is 12.8 Å². The Labute approximate surface area is 312 Å². The first-order chi connectivity index (χ1) is 25.7. The zero-order valence-electron chi connectivity index (χ0n) is 30.7. The maximum atomic E-state index is 13.2. The maximum Gasteiger partial charge on any atom is 0.258 e. The summed E-state index contributed by atoms with van der Waals surface area (Å²) in [5.41, 5.74) is 7.10. The number of carbonyl (C=O) groups is 5. The average molecular weight is 763 g/mol. The Morgan fingerprint density at radius 2 is 1.57 bits per heavy atom. The predicted octanol–water partition coefficient (Wildman–Crippen LogP) is -2.67. The second-order valence-electron chi connectivity index (χ2n) is 12.5. The van der Waals surface area contributed by atoms with E-state index in [2.05, 4.69) is 26.6 Å². The lowest BCUT2D eigenvalue weighted by Crippen LogP contribution is -2.68. The van der Waals surface area contributed by atoms with Crippen molar-refractivity contribution in [2.75, 3.05) is 47.7 Å². The van der Waals surface area contributed by atoms with Crippen molar-refractivity contribution in [2.45, 2.75) is 69.0 Å². The molecule has 0 spiro atoms. The summed E-state index contributed by atoms with van der Waals surface area (Å²) >= 11 is 0. The van der Waals surface area contributed by atoms with Gasteiger partial charge in [-0.05, 0) is 36.8 Å². The van der Waals surface area contributed by atoms with Crippen LogP contribution in [0.3, 0.4) is 0 Å². The fourth-order valence-electron chi connectivity index (χ4n) is 5.57. The van der Waals surface area contributed by atoms with E-state index in [-0.39, 0.29) is 18.6 Å². The predicted molar refractivity (Wildman–Crippen MR) is 190 cm³/mol. The highest BCUT2D eigenvalue weighted by Gasteiger charge is 2.45. The van der Waals surface area contributed by atoms with E-state index < -0.39 is 85.9 Å². The Morgan fingerprint density at radius 1 is 0.889 bits per heavy atom.